The van der Waals surface area contributed by atoms with Crippen LogP contribution in [-0.4, -0.2) is 21.1 Å². The molecular weight excluding hydrogens is 355 g/mol. The molecule has 1 aromatic rings. The first-order chi connectivity index (χ1) is 7.12. The van der Waals surface area contributed by atoms with Crippen LogP contribution >= 0.6 is 38.9 Å². The van der Waals surface area contributed by atoms with Crippen molar-refractivity contribution in [3.63, 3.8) is 0 Å². The molecule has 0 spiro atoms. The molecule has 0 aliphatic heterocycles. The fraction of sp³-hybridized carbons (Fsp3) is 0.333. The van der Waals surface area contributed by atoms with Crippen molar-refractivity contribution in [3.8, 4) is 0 Å². The lowest BCUT2D eigenvalue weighted by Gasteiger charge is -2.07. The Hall–Kier alpha value is 0.170. The molecule has 0 fully saturated rings. The molecule has 92 valence electrons. The van der Waals surface area contributed by atoms with Gasteiger partial charge in [-0.25, -0.2) is 13.1 Å². The normalized spacial score (nSPS) is 13.1. The molecule has 0 aliphatic carbocycles. The standard InChI is InChI=1S/C6H4BrClF3NO2S2/c7-5-3(8)1-4(15-5)16(13,14)12-2-6(9,10)11/h1,12H,2H2. The van der Waals surface area contributed by atoms with Gasteiger partial charge in [-0.1, -0.05) is 11.6 Å². The molecule has 0 aliphatic rings. The van der Waals surface area contributed by atoms with Gasteiger partial charge in [-0.05, 0) is 22.0 Å². The number of alkyl halides is 3. The van der Waals surface area contributed by atoms with Crippen LogP contribution in [-0.2, 0) is 10.0 Å². The van der Waals surface area contributed by atoms with E-state index in [4.69, 9.17) is 11.6 Å². The number of hydrogen-bond donors (Lipinski definition) is 1. The van der Waals surface area contributed by atoms with Crippen molar-refractivity contribution in [2.75, 3.05) is 6.54 Å². The largest absolute Gasteiger partial charge is 0.402 e. The first-order valence-electron chi connectivity index (χ1n) is 3.63. The van der Waals surface area contributed by atoms with Gasteiger partial charge in [-0.15, -0.1) is 11.3 Å². The molecule has 1 rings (SSSR count). The fourth-order valence-electron chi connectivity index (χ4n) is 0.707. The van der Waals surface area contributed by atoms with Gasteiger partial charge >= 0.3 is 6.18 Å². The monoisotopic (exact) mass is 357 g/mol. The van der Waals surface area contributed by atoms with E-state index in [1.807, 2.05) is 0 Å². The number of halogens is 5. The maximum Gasteiger partial charge on any atom is 0.402 e. The highest BCUT2D eigenvalue weighted by Gasteiger charge is 2.30. The second kappa shape index (κ2) is 4.81. The molecule has 0 aromatic carbocycles. The molecule has 3 nitrogen and oxygen atoms in total. The van der Waals surface area contributed by atoms with E-state index >= 15 is 0 Å². The third kappa shape index (κ3) is 3.88. The molecule has 16 heavy (non-hydrogen) atoms. The summed E-state index contributed by atoms with van der Waals surface area (Å²) in [4.78, 5) is 0. The minimum atomic E-state index is -4.59. The molecule has 0 saturated heterocycles. The average Bonchev–Trinajstić information content (AvgIpc) is 2.44. The van der Waals surface area contributed by atoms with E-state index in [2.05, 4.69) is 15.9 Å². The summed E-state index contributed by atoms with van der Waals surface area (Å²) in [6.07, 6.45) is -4.59. The number of thiophene rings is 1. The van der Waals surface area contributed by atoms with Gasteiger partial charge in [0.25, 0.3) is 0 Å². The first-order valence-corrected chi connectivity index (χ1v) is 7.10. The smallest absolute Gasteiger partial charge is 0.206 e. The molecule has 10 heteroatoms. The third-order valence-electron chi connectivity index (χ3n) is 1.35. The summed E-state index contributed by atoms with van der Waals surface area (Å²) in [5.41, 5.74) is 0. The fourth-order valence-corrected chi connectivity index (χ4v) is 4.16. The molecular formula is C6H4BrClF3NO2S2. The van der Waals surface area contributed by atoms with E-state index < -0.39 is 22.7 Å². The lowest BCUT2D eigenvalue weighted by atomic mass is 10.7. The van der Waals surface area contributed by atoms with Crippen LogP contribution in [0.3, 0.4) is 0 Å². The molecule has 0 radical (unpaired) electrons. The summed E-state index contributed by atoms with van der Waals surface area (Å²) in [5.74, 6) is 0. The van der Waals surface area contributed by atoms with Crippen LogP contribution < -0.4 is 4.72 Å². The average molecular weight is 359 g/mol. The first kappa shape index (κ1) is 14.2. The van der Waals surface area contributed by atoms with Crippen molar-refractivity contribution in [1.82, 2.24) is 4.72 Å². The Morgan fingerprint density at radius 2 is 2.06 bits per heavy atom. The van der Waals surface area contributed by atoms with E-state index in [1.54, 1.807) is 0 Å². The van der Waals surface area contributed by atoms with E-state index in [1.165, 1.54) is 4.72 Å². The predicted molar refractivity (Wildman–Crippen MR) is 58.3 cm³/mol. The molecule has 1 N–H and O–H groups in total. The van der Waals surface area contributed by atoms with Crippen molar-refractivity contribution in [3.05, 3.63) is 14.9 Å². The van der Waals surface area contributed by atoms with E-state index in [0.717, 1.165) is 17.4 Å². The van der Waals surface area contributed by atoms with Gasteiger partial charge in [0, 0.05) is 0 Å². The summed E-state index contributed by atoms with van der Waals surface area (Å²) >= 11 is 9.28. The number of hydrogen-bond acceptors (Lipinski definition) is 3. The van der Waals surface area contributed by atoms with Crippen LogP contribution in [0.15, 0.2) is 14.1 Å². The Labute approximate surface area is 107 Å². The molecule has 0 unspecified atom stereocenters. The van der Waals surface area contributed by atoms with Crippen molar-refractivity contribution in [2.24, 2.45) is 0 Å². The van der Waals surface area contributed by atoms with Gasteiger partial charge in [0.05, 0.1) is 8.81 Å². The maximum atomic E-state index is 11.8. The lowest BCUT2D eigenvalue weighted by Crippen LogP contribution is -2.33. The second-order valence-electron chi connectivity index (χ2n) is 2.63. The van der Waals surface area contributed by atoms with Crippen LogP contribution in [0.5, 0.6) is 0 Å². The highest BCUT2D eigenvalue weighted by molar-refractivity contribution is 9.11. The van der Waals surface area contributed by atoms with Crippen molar-refractivity contribution >= 4 is 48.9 Å². The van der Waals surface area contributed by atoms with Crippen LogP contribution in [0, 0.1) is 0 Å². The summed E-state index contributed by atoms with van der Waals surface area (Å²) in [6.45, 7) is -1.61. The second-order valence-corrected chi connectivity index (χ2v) is 7.40. The minimum Gasteiger partial charge on any atom is -0.206 e. The summed E-state index contributed by atoms with van der Waals surface area (Å²) < 4.78 is 59.7. The molecule has 1 aromatic heterocycles. The predicted octanol–water partition coefficient (Wildman–Crippen LogP) is 3.00. The zero-order valence-corrected chi connectivity index (χ0v) is 11.3. The van der Waals surface area contributed by atoms with Crippen molar-refractivity contribution in [2.45, 2.75) is 10.4 Å². The van der Waals surface area contributed by atoms with Gasteiger partial charge < -0.3 is 0 Å². The van der Waals surface area contributed by atoms with Crippen molar-refractivity contribution in [1.29, 1.82) is 0 Å². The number of sulfonamides is 1. The highest BCUT2D eigenvalue weighted by atomic mass is 79.9. The minimum absolute atomic E-state index is 0.136. The zero-order valence-electron chi connectivity index (χ0n) is 7.31. The van der Waals surface area contributed by atoms with Crippen LogP contribution in [0.2, 0.25) is 5.02 Å². The molecule has 0 amide bonds. The van der Waals surface area contributed by atoms with E-state index in [0.29, 0.717) is 3.79 Å². The van der Waals surface area contributed by atoms with Crippen molar-refractivity contribution < 1.29 is 21.6 Å². The SMILES string of the molecule is O=S(=O)(NCC(F)(F)F)c1cc(Cl)c(Br)s1. The Bertz CT molecular complexity index is 465. The Morgan fingerprint density at radius 1 is 1.50 bits per heavy atom. The highest BCUT2D eigenvalue weighted by Crippen LogP contribution is 2.34. The zero-order chi connectivity index (χ0) is 12.6. The summed E-state index contributed by atoms with van der Waals surface area (Å²) in [6, 6.07) is 1.08. The topological polar surface area (TPSA) is 46.2 Å². The third-order valence-corrected chi connectivity index (χ3v) is 5.70. The van der Waals surface area contributed by atoms with Gasteiger partial charge in [0.2, 0.25) is 10.0 Å². The number of nitrogens with one attached hydrogen (secondary N) is 1. The Balaban J connectivity index is 2.87. The van der Waals surface area contributed by atoms with Gasteiger partial charge in [-0.3, -0.25) is 0 Å². The van der Waals surface area contributed by atoms with Crippen LogP contribution in [0.1, 0.15) is 0 Å². The quantitative estimate of drug-likeness (QED) is 0.903. The van der Waals surface area contributed by atoms with Gasteiger partial charge in [-0.2, -0.15) is 13.2 Å². The molecule has 0 bridgehead atoms. The van der Waals surface area contributed by atoms with Gasteiger partial charge in [0.1, 0.15) is 10.8 Å². The van der Waals surface area contributed by atoms with E-state index in [9.17, 15) is 21.6 Å². The molecule has 0 atom stereocenters. The number of rotatable bonds is 3. The summed E-state index contributed by atoms with van der Waals surface area (Å²) in [7, 11) is -4.16. The molecule has 1 heterocycles. The Kier molecular flexibility index (Phi) is 4.28. The molecule has 0 saturated carbocycles. The van der Waals surface area contributed by atoms with Crippen LogP contribution in [0.4, 0.5) is 13.2 Å². The van der Waals surface area contributed by atoms with E-state index in [-0.39, 0.29) is 9.23 Å². The van der Waals surface area contributed by atoms with Crippen LogP contribution in [0.25, 0.3) is 0 Å². The van der Waals surface area contributed by atoms with Gasteiger partial charge in [0.15, 0.2) is 0 Å². The lowest BCUT2D eigenvalue weighted by molar-refractivity contribution is -0.121. The maximum absolute atomic E-state index is 11.8. The Morgan fingerprint density at radius 3 is 2.44 bits per heavy atom. The summed E-state index contributed by atoms with van der Waals surface area (Å²) in [5, 5.41) is 0.136.